The summed E-state index contributed by atoms with van der Waals surface area (Å²) in [5.74, 6) is 1.30. The molecule has 0 bridgehead atoms. The van der Waals surface area contributed by atoms with Crippen LogP contribution < -0.4 is 5.32 Å². The van der Waals surface area contributed by atoms with Crippen molar-refractivity contribution in [1.82, 2.24) is 9.97 Å². The van der Waals surface area contributed by atoms with Gasteiger partial charge in [0.2, 0.25) is 0 Å². The van der Waals surface area contributed by atoms with Crippen LogP contribution in [0.1, 0.15) is 38.6 Å². The van der Waals surface area contributed by atoms with Crippen molar-refractivity contribution >= 4 is 23.4 Å². The van der Waals surface area contributed by atoms with Crippen molar-refractivity contribution in [3.8, 4) is 0 Å². The summed E-state index contributed by atoms with van der Waals surface area (Å²) in [6, 6.07) is -0.436. The van der Waals surface area contributed by atoms with E-state index in [0.717, 1.165) is 5.56 Å². The number of nitrogens with one attached hydrogen (secondary N) is 1. The number of nitrogens with zero attached hydrogens (tertiary/aromatic N) is 2. The van der Waals surface area contributed by atoms with Crippen molar-refractivity contribution in [3.63, 3.8) is 0 Å². The Labute approximate surface area is 125 Å². The molecule has 1 N–H and O–H groups in total. The Balaban J connectivity index is 3.03. The van der Waals surface area contributed by atoms with Crippen LogP contribution in [0.4, 0.5) is 5.82 Å². The topological polar surface area (TPSA) is 64.1 Å². The van der Waals surface area contributed by atoms with Gasteiger partial charge in [0.1, 0.15) is 22.8 Å². The lowest BCUT2D eigenvalue weighted by Crippen LogP contribution is -2.33. The number of aryl methyl sites for hydroxylation is 1. The molecular weight excluding hydrogens is 278 g/mol. The van der Waals surface area contributed by atoms with Crippen molar-refractivity contribution < 1.29 is 9.53 Å². The van der Waals surface area contributed by atoms with E-state index in [-0.39, 0.29) is 5.97 Å². The Hall–Kier alpha value is -1.36. The molecule has 0 amide bonds. The summed E-state index contributed by atoms with van der Waals surface area (Å²) in [7, 11) is 1.38. The zero-order valence-electron chi connectivity index (χ0n) is 12.7. The maximum absolute atomic E-state index is 11.8. The molecule has 0 saturated heterocycles. The van der Waals surface area contributed by atoms with E-state index >= 15 is 0 Å². The summed E-state index contributed by atoms with van der Waals surface area (Å²) in [4.78, 5) is 20.4. The molecule has 1 unspecified atom stereocenters. The minimum atomic E-state index is -0.436. The first-order valence-corrected chi connectivity index (χ1v) is 7.14. The van der Waals surface area contributed by atoms with E-state index in [4.69, 9.17) is 16.3 Å². The zero-order chi connectivity index (χ0) is 15.3. The standard InChI is InChI=1S/C14H22ClN3O2/c1-6-11-17-12(15)9(4)13(18-11)16-10(7-8(2)3)14(19)20-5/h8,10H,6-7H2,1-5H3,(H,16,17,18). The van der Waals surface area contributed by atoms with E-state index in [2.05, 4.69) is 29.1 Å². The molecule has 0 spiro atoms. The lowest BCUT2D eigenvalue weighted by molar-refractivity contribution is -0.141. The van der Waals surface area contributed by atoms with E-state index in [1.165, 1.54) is 7.11 Å². The van der Waals surface area contributed by atoms with Gasteiger partial charge in [-0.2, -0.15) is 0 Å². The van der Waals surface area contributed by atoms with Crippen molar-refractivity contribution in [2.75, 3.05) is 12.4 Å². The smallest absolute Gasteiger partial charge is 0.328 e. The normalized spacial score (nSPS) is 12.3. The maximum Gasteiger partial charge on any atom is 0.328 e. The molecule has 20 heavy (non-hydrogen) atoms. The molecule has 0 aliphatic rings. The molecule has 112 valence electrons. The first-order chi connectivity index (χ1) is 9.38. The predicted octanol–water partition coefficient (Wildman–Crippen LogP) is 3.00. The second-order valence-corrected chi connectivity index (χ2v) is 5.47. The van der Waals surface area contributed by atoms with Crippen LogP contribution in [0.3, 0.4) is 0 Å². The Morgan fingerprint density at radius 3 is 2.55 bits per heavy atom. The molecule has 0 radical (unpaired) electrons. The van der Waals surface area contributed by atoms with Crippen molar-refractivity contribution in [2.24, 2.45) is 5.92 Å². The first kappa shape index (κ1) is 16.7. The fraction of sp³-hybridized carbons (Fsp3) is 0.643. The molecule has 6 heteroatoms. The van der Waals surface area contributed by atoms with Crippen LogP contribution in [-0.4, -0.2) is 29.1 Å². The number of ether oxygens (including phenoxy) is 1. The second kappa shape index (κ2) is 7.43. The van der Waals surface area contributed by atoms with Crippen LogP contribution in [-0.2, 0) is 16.0 Å². The van der Waals surface area contributed by atoms with Gasteiger partial charge < -0.3 is 10.1 Å². The number of carbonyl (C=O) groups excluding carboxylic acids is 1. The number of anilines is 1. The third kappa shape index (κ3) is 4.34. The van der Waals surface area contributed by atoms with E-state index in [9.17, 15) is 4.79 Å². The largest absolute Gasteiger partial charge is 0.467 e. The Morgan fingerprint density at radius 1 is 1.40 bits per heavy atom. The fourth-order valence-electron chi connectivity index (χ4n) is 1.82. The summed E-state index contributed by atoms with van der Waals surface area (Å²) < 4.78 is 4.83. The van der Waals surface area contributed by atoms with Gasteiger partial charge in [-0.25, -0.2) is 14.8 Å². The van der Waals surface area contributed by atoms with Crippen LogP contribution in [0.2, 0.25) is 5.15 Å². The number of halogens is 1. The Morgan fingerprint density at radius 2 is 2.05 bits per heavy atom. The molecule has 1 rings (SSSR count). The number of aromatic nitrogens is 2. The van der Waals surface area contributed by atoms with Gasteiger partial charge in [0.25, 0.3) is 0 Å². The van der Waals surface area contributed by atoms with E-state index in [1.54, 1.807) is 0 Å². The van der Waals surface area contributed by atoms with Crippen LogP contribution in [0, 0.1) is 12.8 Å². The number of hydrogen-bond donors (Lipinski definition) is 1. The molecule has 1 heterocycles. The third-order valence-corrected chi connectivity index (χ3v) is 3.32. The lowest BCUT2D eigenvalue weighted by Gasteiger charge is -2.20. The average Bonchev–Trinajstić information content (AvgIpc) is 2.41. The van der Waals surface area contributed by atoms with E-state index in [1.807, 2.05) is 13.8 Å². The zero-order valence-corrected chi connectivity index (χ0v) is 13.4. The number of methoxy groups -OCH3 is 1. The highest BCUT2D eigenvalue weighted by Crippen LogP contribution is 2.22. The minimum absolute atomic E-state index is 0.300. The third-order valence-electron chi connectivity index (χ3n) is 2.95. The van der Waals surface area contributed by atoms with Crippen LogP contribution in [0.25, 0.3) is 0 Å². The van der Waals surface area contributed by atoms with Gasteiger partial charge in [0, 0.05) is 12.0 Å². The number of rotatable bonds is 6. The number of esters is 1. The highest BCUT2D eigenvalue weighted by atomic mass is 35.5. The van der Waals surface area contributed by atoms with Gasteiger partial charge in [0.15, 0.2) is 0 Å². The SMILES string of the molecule is CCc1nc(Cl)c(C)c(NC(CC(C)C)C(=O)OC)n1. The summed E-state index contributed by atoms with van der Waals surface area (Å²) in [6.45, 7) is 7.88. The first-order valence-electron chi connectivity index (χ1n) is 6.76. The average molecular weight is 300 g/mol. The molecule has 0 saturated carbocycles. The molecule has 1 atom stereocenters. The van der Waals surface area contributed by atoms with Crippen LogP contribution in [0.5, 0.6) is 0 Å². The van der Waals surface area contributed by atoms with Crippen LogP contribution in [0.15, 0.2) is 0 Å². The molecule has 1 aromatic heterocycles. The fourth-order valence-corrected chi connectivity index (χ4v) is 2.01. The molecule has 0 aliphatic carbocycles. The van der Waals surface area contributed by atoms with Crippen LogP contribution >= 0.6 is 11.6 Å². The summed E-state index contributed by atoms with van der Waals surface area (Å²) >= 11 is 6.09. The summed E-state index contributed by atoms with van der Waals surface area (Å²) in [5.41, 5.74) is 0.738. The van der Waals surface area contributed by atoms with Gasteiger partial charge in [0.05, 0.1) is 7.11 Å². The molecule has 0 aromatic carbocycles. The highest BCUT2D eigenvalue weighted by molar-refractivity contribution is 6.30. The van der Waals surface area contributed by atoms with Gasteiger partial charge in [-0.05, 0) is 19.3 Å². The van der Waals surface area contributed by atoms with Crippen molar-refractivity contribution in [1.29, 1.82) is 0 Å². The molecule has 0 aliphatic heterocycles. The van der Waals surface area contributed by atoms with E-state index in [0.29, 0.717) is 35.6 Å². The summed E-state index contributed by atoms with van der Waals surface area (Å²) in [5, 5.41) is 3.54. The minimum Gasteiger partial charge on any atom is -0.467 e. The predicted molar refractivity (Wildman–Crippen MR) is 80.0 cm³/mol. The molecule has 1 aromatic rings. The van der Waals surface area contributed by atoms with Gasteiger partial charge in [-0.1, -0.05) is 32.4 Å². The van der Waals surface area contributed by atoms with Crippen molar-refractivity contribution in [2.45, 2.75) is 46.6 Å². The van der Waals surface area contributed by atoms with Crippen molar-refractivity contribution in [3.05, 3.63) is 16.5 Å². The second-order valence-electron chi connectivity index (χ2n) is 5.11. The number of carbonyl (C=O) groups is 1. The maximum atomic E-state index is 11.8. The van der Waals surface area contributed by atoms with Gasteiger partial charge >= 0.3 is 5.97 Å². The number of hydrogen-bond acceptors (Lipinski definition) is 5. The molecule has 5 nitrogen and oxygen atoms in total. The molecular formula is C14H22ClN3O2. The van der Waals surface area contributed by atoms with E-state index < -0.39 is 6.04 Å². The molecule has 0 fully saturated rings. The monoisotopic (exact) mass is 299 g/mol. The lowest BCUT2D eigenvalue weighted by atomic mass is 10.0. The highest BCUT2D eigenvalue weighted by Gasteiger charge is 2.22. The Kier molecular flexibility index (Phi) is 6.20. The van der Waals surface area contributed by atoms with Gasteiger partial charge in [-0.3, -0.25) is 0 Å². The Bertz CT molecular complexity index is 478. The quantitative estimate of drug-likeness (QED) is 0.646. The summed E-state index contributed by atoms with van der Waals surface area (Å²) in [6.07, 6.45) is 1.34. The van der Waals surface area contributed by atoms with Gasteiger partial charge in [-0.15, -0.1) is 0 Å².